The van der Waals surface area contributed by atoms with Crippen LogP contribution in [0.4, 0.5) is 20.2 Å². The zero-order valence-electron chi connectivity index (χ0n) is 11.9. The molecule has 0 saturated heterocycles. The Bertz CT molecular complexity index is 731. The summed E-state index contributed by atoms with van der Waals surface area (Å²) in [5.41, 5.74) is 1.35. The van der Waals surface area contributed by atoms with E-state index >= 15 is 0 Å². The molecule has 1 amide bonds. The molecular weight excluding hydrogens is 290 g/mol. The summed E-state index contributed by atoms with van der Waals surface area (Å²) in [5.74, 6) is -2.44. The van der Waals surface area contributed by atoms with Gasteiger partial charge < -0.3 is 10.6 Å². The lowest BCUT2D eigenvalue weighted by Crippen LogP contribution is -2.16. The van der Waals surface area contributed by atoms with Gasteiger partial charge in [0.1, 0.15) is 6.33 Å². The molecule has 1 aliphatic rings. The van der Waals surface area contributed by atoms with E-state index in [-0.39, 0.29) is 17.3 Å². The van der Waals surface area contributed by atoms with Gasteiger partial charge >= 0.3 is 0 Å². The predicted molar refractivity (Wildman–Crippen MR) is 77.7 cm³/mol. The molecule has 7 heteroatoms. The minimum Gasteiger partial charge on any atom is -0.381 e. The van der Waals surface area contributed by atoms with Gasteiger partial charge in [0.15, 0.2) is 11.6 Å². The third kappa shape index (κ3) is 3.03. The van der Waals surface area contributed by atoms with Crippen LogP contribution in [0.15, 0.2) is 24.7 Å². The van der Waals surface area contributed by atoms with Gasteiger partial charge in [-0.3, -0.25) is 4.79 Å². The first-order valence-electron chi connectivity index (χ1n) is 6.88. The number of aryl methyl sites for hydroxylation is 1. The van der Waals surface area contributed by atoms with Crippen LogP contribution >= 0.6 is 0 Å². The number of nitrogens with one attached hydrogen (secondary N) is 2. The van der Waals surface area contributed by atoms with Crippen LogP contribution in [-0.2, 0) is 0 Å². The largest absolute Gasteiger partial charge is 0.381 e. The Kier molecular flexibility index (Phi) is 3.70. The average Bonchev–Trinajstić information content (AvgIpc) is 3.28. The number of amides is 1. The van der Waals surface area contributed by atoms with Crippen LogP contribution in [0.1, 0.15) is 28.9 Å². The number of carbonyl (C=O) groups is 1. The number of aromatic nitrogens is 2. The van der Waals surface area contributed by atoms with Gasteiger partial charge in [-0.05, 0) is 19.8 Å². The molecule has 0 unspecified atom stereocenters. The summed E-state index contributed by atoms with van der Waals surface area (Å²) in [6.45, 7) is 1.67. The van der Waals surface area contributed by atoms with Gasteiger partial charge in [-0.15, -0.1) is 0 Å². The van der Waals surface area contributed by atoms with Gasteiger partial charge in [0, 0.05) is 24.4 Å². The van der Waals surface area contributed by atoms with E-state index in [2.05, 4.69) is 20.6 Å². The van der Waals surface area contributed by atoms with E-state index in [4.69, 9.17) is 0 Å². The summed E-state index contributed by atoms with van der Waals surface area (Å²) in [6, 6.07) is 2.26. The fourth-order valence-corrected chi connectivity index (χ4v) is 2.02. The van der Waals surface area contributed by atoms with E-state index in [1.165, 1.54) is 12.5 Å². The summed E-state index contributed by atoms with van der Waals surface area (Å²) in [4.78, 5) is 20.0. The minimum absolute atomic E-state index is 0.194. The van der Waals surface area contributed by atoms with Crippen LogP contribution in [-0.4, -0.2) is 21.9 Å². The number of benzene rings is 1. The van der Waals surface area contributed by atoms with E-state index < -0.39 is 17.5 Å². The van der Waals surface area contributed by atoms with E-state index in [1.54, 1.807) is 6.92 Å². The van der Waals surface area contributed by atoms with Crippen molar-refractivity contribution in [1.29, 1.82) is 0 Å². The predicted octanol–water partition coefficient (Wildman–Crippen LogP) is 2.89. The topological polar surface area (TPSA) is 66.9 Å². The lowest BCUT2D eigenvalue weighted by atomic mass is 10.2. The number of anilines is 2. The van der Waals surface area contributed by atoms with Crippen molar-refractivity contribution in [2.75, 3.05) is 10.6 Å². The number of carbonyl (C=O) groups excluding carboxylic acids is 1. The SMILES string of the molecule is Cc1ncncc1C(=O)Nc1cc(F)c(F)cc1NC1CC1. The molecule has 0 bridgehead atoms. The van der Waals surface area contributed by atoms with Crippen molar-refractivity contribution in [2.45, 2.75) is 25.8 Å². The molecule has 114 valence electrons. The molecule has 3 rings (SSSR count). The zero-order valence-corrected chi connectivity index (χ0v) is 11.9. The summed E-state index contributed by atoms with van der Waals surface area (Å²) in [5, 5.41) is 5.65. The summed E-state index contributed by atoms with van der Waals surface area (Å²) >= 11 is 0. The number of hydrogen-bond donors (Lipinski definition) is 2. The Labute approximate surface area is 125 Å². The average molecular weight is 304 g/mol. The molecule has 0 radical (unpaired) electrons. The molecule has 22 heavy (non-hydrogen) atoms. The van der Waals surface area contributed by atoms with Gasteiger partial charge in [0.25, 0.3) is 5.91 Å². The third-order valence-corrected chi connectivity index (χ3v) is 3.40. The highest BCUT2D eigenvalue weighted by molar-refractivity contribution is 6.06. The van der Waals surface area contributed by atoms with Crippen molar-refractivity contribution in [3.05, 3.63) is 47.5 Å². The van der Waals surface area contributed by atoms with E-state index in [9.17, 15) is 13.6 Å². The number of halogens is 2. The van der Waals surface area contributed by atoms with Gasteiger partial charge in [-0.25, -0.2) is 18.7 Å². The lowest BCUT2D eigenvalue weighted by Gasteiger charge is -2.14. The first kappa shape index (κ1) is 14.4. The second kappa shape index (κ2) is 5.67. The highest BCUT2D eigenvalue weighted by Crippen LogP contribution is 2.31. The first-order chi connectivity index (χ1) is 10.5. The second-order valence-corrected chi connectivity index (χ2v) is 5.21. The summed E-state index contributed by atoms with van der Waals surface area (Å²) < 4.78 is 26.9. The highest BCUT2D eigenvalue weighted by Gasteiger charge is 2.23. The maximum atomic E-state index is 13.5. The van der Waals surface area contributed by atoms with E-state index in [0.717, 1.165) is 25.0 Å². The molecule has 5 nitrogen and oxygen atoms in total. The normalized spacial score (nSPS) is 13.8. The zero-order chi connectivity index (χ0) is 15.7. The monoisotopic (exact) mass is 304 g/mol. The standard InChI is InChI=1S/C15H14F2N4O/c1-8-10(6-18-7-19-8)15(22)21-14-5-12(17)11(16)4-13(14)20-9-2-3-9/h4-7,9,20H,2-3H2,1H3,(H,21,22). The van der Waals surface area contributed by atoms with Gasteiger partial charge in [0.05, 0.1) is 22.6 Å². The lowest BCUT2D eigenvalue weighted by molar-refractivity contribution is 0.102. The number of rotatable bonds is 4. The molecule has 2 N–H and O–H groups in total. The van der Waals surface area contributed by atoms with E-state index in [1.807, 2.05) is 0 Å². The molecule has 2 aromatic rings. The molecule has 0 atom stereocenters. The summed E-state index contributed by atoms with van der Waals surface area (Å²) in [7, 11) is 0. The quantitative estimate of drug-likeness (QED) is 0.911. The Balaban J connectivity index is 1.88. The Morgan fingerprint density at radius 2 is 1.91 bits per heavy atom. The maximum Gasteiger partial charge on any atom is 0.259 e. The molecule has 1 heterocycles. The van der Waals surface area contributed by atoms with Crippen LogP contribution in [0.5, 0.6) is 0 Å². The molecule has 1 aliphatic carbocycles. The molecule has 0 spiro atoms. The van der Waals surface area contributed by atoms with Gasteiger partial charge in [-0.1, -0.05) is 0 Å². The van der Waals surface area contributed by atoms with Crippen LogP contribution in [0, 0.1) is 18.6 Å². The van der Waals surface area contributed by atoms with Crippen LogP contribution < -0.4 is 10.6 Å². The fourth-order valence-electron chi connectivity index (χ4n) is 2.02. The number of nitrogens with zero attached hydrogens (tertiary/aromatic N) is 2. The van der Waals surface area contributed by atoms with Crippen molar-refractivity contribution in [1.82, 2.24) is 9.97 Å². The Morgan fingerprint density at radius 3 is 2.55 bits per heavy atom. The minimum atomic E-state index is -1.02. The van der Waals surface area contributed by atoms with Gasteiger partial charge in [0.2, 0.25) is 0 Å². The van der Waals surface area contributed by atoms with Crippen molar-refractivity contribution in [3.63, 3.8) is 0 Å². The fraction of sp³-hybridized carbons (Fsp3) is 0.267. The smallest absolute Gasteiger partial charge is 0.259 e. The van der Waals surface area contributed by atoms with Crippen LogP contribution in [0.3, 0.4) is 0 Å². The molecular formula is C15H14F2N4O. The molecule has 0 aliphatic heterocycles. The van der Waals surface area contributed by atoms with Crippen LogP contribution in [0.25, 0.3) is 0 Å². The molecule has 1 saturated carbocycles. The maximum absolute atomic E-state index is 13.5. The summed E-state index contributed by atoms with van der Waals surface area (Å²) in [6.07, 6.45) is 4.66. The first-order valence-corrected chi connectivity index (χ1v) is 6.88. The molecule has 1 fully saturated rings. The van der Waals surface area contributed by atoms with Gasteiger partial charge in [-0.2, -0.15) is 0 Å². The second-order valence-electron chi connectivity index (χ2n) is 5.21. The molecule has 1 aromatic heterocycles. The van der Waals surface area contributed by atoms with Crippen molar-refractivity contribution < 1.29 is 13.6 Å². The van der Waals surface area contributed by atoms with E-state index in [0.29, 0.717) is 11.4 Å². The van der Waals surface area contributed by atoms with Crippen LogP contribution in [0.2, 0.25) is 0 Å². The number of hydrogen-bond acceptors (Lipinski definition) is 4. The third-order valence-electron chi connectivity index (χ3n) is 3.40. The Hall–Kier alpha value is -2.57. The Morgan fingerprint density at radius 1 is 1.23 bits per heavy atom. The van der Waals surface area contributed by atoms with Crippen molar-refractivity contribution >= 4 is 17.3 Å². The van der Waals surface area contributed by atoms with Crippen molar-refractivity contribution in [3.8, 4) is 0 Å². The van der Waals surface area contributed by atoms with Crippen molar-refractivity contribution in [2.24, 2.45) is 0 Å². The molecule has 1 aromatic carbocycles. The highest BCUT2D eigenvalue weighted by atomic mass is 19.2.